The van der Waals surface area contributed by atoms with Crippen LogP contribution in [0.1, 0.15) is 70.9 Å². The Balaban J connectivity index is 1.85. The Hall–Kier alpha value is -3.76. The first-order chi connectivity index (χ1) is 22.3. The number of hydrogen-bond acceptors (Lipinski definition) is 8. The molecule has 246 valence electrons. The summed E-state index contributed by atoms with van der Waals surface area (Å²) in [7, 11) is 0. The molecule has 2 atom stereocenters. The van der Waals surface area contributed by atoms with Gasteiger partial charge in [-0.15, -0.1) is 0 Å². The van der Waals surface area contributed by atoms with Crippen molar-refractivity contribution in [2.24, 2.45) is 0 Å². The Morgan fingerprint density at radius 3 is 0.891 bits per heavy atom. The maximum atomic E-state index is 9.77. The van der Waals surface area contributed by atoms with Crippen LogP contribution in [-0.2, 0) is 0 Å². The van der Waals surface area contributed by atoms with Gasteiger partial charge >= 0.3 is 0 Å². The molecule has 0 fully saturated rings. The molecule has 0 bridgehead atoms. The van der Waals surface area contributed by atoms with Gasteiger partial charge < -0.3 is 40.1 Å². The van der Waals surface area contributed by atoms with Crippen LogP contribution in [0.25, 0.3) is 0 Å². The molecular formula is C38H46O8. The molecule has 0 aliphatic rings. The van der Waals surface area contributed by atoms with Gasteiger partial charge in [0.25, 0.3) is 0 Å². The highest BCUT2D eigenvalue weighted by Gasteiger charge is 2.29. The van der Waals surface area contributed by atoms with Crippen molar-refractivity contribution in [2.45, 2.75) is 49.7 Å². The van der Waals surface area contributed by atoms with E-state index in [0.717, 1.165) is 33.4 Å². The normalized spacial score (nSPS) is 13.6. The first-order valence-electron chi connectivity index (χ1n) is 15.7. The lowest BCUT2D eigenvalue weighted by atomic mass is 9.73. The Labute approximate surface area is 271 Å². The minimum Gasteiger partial charge on any atom is -0.491 e. The van der Waals surface area contributed by atoms with Crippen LogP contribution in [0.3, 0.4) is 0 Å². The van der Waals surface area contributed by atoms with Gasteiger partial charge in [0.05, 0.1) is 38.6 Å². The average molecular weight is 631 g/mol. The summed E-state index contributed by atoms with van der Waals surface area (Å²) in [6, 6.07) is 31.6. The highest BCUT2D eigenvalue weighted by atomic mass is 16.5. The standard InChI is InChI=1S/C38H46O8/c1-25(43)23-45-35-15-11-31(12-16-35)38(32-13-17-36(18-14-32)46-24-26(2)44)37(29-7-3-27(4-8-29)33(19-39)20-40)30-9-5-28(6-10-30)34(21-41)22-42/h3-18,25-26,33-34,37-44H,19-24H2,1-2H3. The van der Waals surface area contributed by atoms with Crippen molar-refractivity contribution >= 4 is 0 Å². The summed E-state index contributed by atoms with van der Waals surface area (Å²) in [5, 5.41) is 58.5. The molecule has 2 unspecified atom stereocenters. The summed E-state index contributed by atoms with van der Waals surface area (Å²) < 4.78 is 11.5. The molecule has 8 heteroatoms. The minimum absolute atomic E-state index is 0.160. The molecule has 0 heterocycles. The molecular weight excluding hydrogens is 584 g/mol. The molecule has 0 radical (unpaired) electrons. The number of ether oxygens (including phenoxy) is 2. The van der Waals surface area contributed by atoms with Crippen molar-refractivity contribution in [3.63, 3.8) is 0 Å². The SMILES string of the molecule is CC(O)COc1ccc(C(c2ccc(OCC(C)O)cc2)C(c2ccc(C(CO)CO)cc2)c2ccc(C(CO)CO)cc2)cc1. The van der Waals surface area contributed by atoms with Crippen LogP contribution in [0.15, 0.2) is 97.1 Å². The molecule has 0 aromatic heterocycles. The van der Waals surface area contributed by atoms with E-state index in [-0.39, 0.29) is 63.3 Å². The van der Waals surface area contributed by atoms with Gasteiger partial charge in [-0.2, -0.15) is 0 Å². The van der Waals surface area contributed by atoms with Gasteiger partial charge in [0.15, 0.2) is 0 Å². The summed E-state index contributed by atoms with van der Waals surface area (Å²) in [6.07, 6.45) is -1.19. The Morgan fingerprint density at radius 2 is 0.652 bits per heavy atom. The molecule has 0 aliphatic carbocycles. The quantitative estimate of drug-likeness (QED) is 0.102. The van der Waals surface area contributed by atoms with E-state index in [9.17, 15) is 30.6 Å². The number of rotatable bonds is 17. The zero-order valence-corrected chi connectivity index (χ0v) is 26.4. The van der Waals surface area contributed by atoms with Crippen LogP contribution in [0.4, 0.5) is 0 Å². The molecule has 8 nitrogen and oxygen atoms in total. The van der Waals surface area contributed by atoms with Crippen LogP contribution in [0.5, 0.6) is 11.5 Å². The van der Waals surface area contributed by atoms with Crippen LogP contribution in [0.2, 0.25) is 0 Å². The maximum absolute atomic E-state index is 9.77. The molecule has 4 aromatic carbocycles. The zero-order chi connectivity index (χ0) is 33.1. The van der Waals surface area contributed by atoms with E-state index < -0.39 is 12.2 Å². The van der Waals surface area contributed by atoms with Crippen molar-refractivity contribution < 1.29 is 40.1 Å². The van der Waals surface area contributed by atoms with Crippen LogP contribution < -0.4 is 9.47 Å². The Bertz CT molecular complexity index is 1320. The van der Waals surface area contributed by atoms with Gasteiger partial charge in [-0.05, 0) is 71.5 Å². The lowest BCUT2D eigenvalue weighted by Crippen LogP contribution is -2.16. The third-order valence-electron chi connectivity index (χ3n) is 8.21. The largest absolute Gasteiger partial charge is 0.491 e. The predicted molar refractivity (Wildman–Crippen MR) is 178 cm³/mol. The van der Waals surface area contributed by atoms with Gasteiger partial charge in [0.1, 0.15) is 24.7 Å². The van der Waals surface area contributed by atoms with E-state index in [1.54, 1.807) is 13.8 Å². The lowest BCUT2D eigenvalue weighted by molar-refractivity contribution is 0.122. The van der Waals surface area contributed by atoms with Crippen LogP contribution in [0, 0.1) is 0 Å². The first kappa shape index (κ1) is 35.1. The van der Waals surface area contributed by atoms with Crippen LogP contribution in [-0.4, -0.2) is 82.5 Å². The van der Waals surface area contributed by atoms with E-state index in [1.807, 2.05) is 97.1 Å². The summed E-state index contributed by atoms with van der Waals surface area (Å²) >= 11 is 0. The van der Waals surface area contributed by atoms with Gasteiger partial charge in [-0.25, -0.2) is 0 Å². The summed E-state index contributed by atoms with van der Waals surface area (Å²) in [6.45, 7) is 3.08. The second-order valence-corrected chi connectivity index (χ2v) is 11.9. The second kappa shape index (κ2) is 17.2. The minimum atomic E-state index is -0.593. The van der Waals surface area contributed by atoms with Crippen LogP contribution >= 0.6 is 0 Å². The van der Waals surface area contributed by atoms with E-state index in [2.05, 4.69) is 0 Å². The van der Waals surface area contributed by atoms with Gasteiger partial charge in [-0.1, -0.05) is 72.8 Å². The number of aliphatic hydroxyl groups excluding tert-OH is 6. The molecule has 0 saturated heterocycles. The zero-order valence-electron chi connectivity index (χ0n) is 26.4. The number of aliphatic hydroxyl groups is 6. The molecule has 0 spiro atoms. The monoisotopic (exact) mass is 630 g/mol. The van der Waals surface area contributed by atoms with Crippen molar-refractivity contribution in [2.75, 3.05) is 39.6 Å². The molecule has 46 heavy (non-hydrogen) atoms. The molecule has 4 aromatic rings. The Kier molecular flexibility index (Phi) is 13.2. The highest BCUT2D eigenvalue weighted by Crippen LogP contribution is 2.44. The predicted octanol–water partition coefficient (Wildman–Crippen LogP) is 4.31. The number of benzene rings is 4. The lowest BCUT2D eigenvalue weighted by Gasteiger charge is -2.30. The van der Waals surface area contributed by atoms with E-state index >= 15 is 0 Å². The highest BCUT2D eigenvalue weighted by molar-refractivity contribution is 5.48. The van der Waals surface area contributed by atoms with Crippen molar-refractivity contribution in [3.8, 4) is 11.5 Å². The molecule has 0 saturated carbocycles. The van der Waals surface area contributed by atoms with Crippen molar-refractivity contribution in [1.82, 2.24) is 0 Å². The third-order valence-corrected chi connectivity index (χ3v) is 8.21. The first-order valence-corrected chi connectivity index (χ1v) is 15.7. The average Bonchev–Trinajstić information content (AvgIpc) is 3.08. The van der Waals surface area contributed by atoms with Gasteiger partial charge in [0.2, 0.25) is 0 Å². The van der Waals surface area contributed by atoms with E-state index in [4.69, 9.17) is 9.47 Å². The summed E-state index contributed by atoms with van der Waals surface area (Å²) in [5.74, 6) is 0.160. The maximum Gasteiger partial charge on any atom is 0.119 e. The van der Waals surface area contributed by atoms with Gasteiger partial charge in [-0.3, -0.25) is 0 Å². The smallest absolute Gasteiger partial charge is 0.119 e. The third kappa shape index (κ3) is 9.16. The summed E-state index contributed by atoms with van der Waals surface area (Å²) in [5.41, 5.74) is 5.75. The summed E-state index contributed by atoms with van der Waals surface area (Å²) in [4.78, 5) is 0. The molecule has 6 N–H and O–H groups in total. The fraction of sp³-hybridized carbons (Fsp3) is 0.368. The molecule has 4 rings (SSSR count). The van der Waals surface area contributed by atoms with Gasteiger partial charge in [0, 0.05) is 23.7 Å². The fourth-order valence-corrected chi connectivity index (χ4v) is 5.62. The Morgan fingerprint density at radius 1 is 0.413 bits per heavy atom. The van der Waals surface area contributed by atoms with E-state index in [1.165, 1.54) is 0 Å². The molecule has 0 aliphatic heterocycles. The fourth-order valence-electron chi connectivity index (χ4n) is 5.62. The topological polar surface area (TPSA) is 140 Å². The van der Waals surface area contributed by atoms with Crippen molar-refractivity contribution in [1.29, 1.82) is 0 Å². The second-order valence-electron chi connectivity index (χ2n) is 11.9. The molecule has 0 amide bonds. The van der Waals surface area contributed by atoms with E-state index in [0.29, 0.717) is 11.5 Å². The number of hydrogen-bond donors (Lipinski definition) is 6. The van der Waals surface area contributed by atoms with Crippen molar-refractivity contribution in [3.05, 3.63) is 130 Å².